The highest BCUT2D eigenvalue weighted by Crippen LogP contribution is 2.39. The number of ether oxygens (including phenoxy) is 3. The summed E-state index contributed by atoms with van der Waals surface area (Å²) >= 11 is 0. The lowest BCUT2D eigenvalue weighted by atomic mass is 9.90. The van der Waals surface area contributed by atoms with E-state index in [-0.39, 0.29) is 12.0 Å². The molecule has 2 aliphatic heterocycles. The second-order valence-corrected chi connectivity index (χ2v) is 6.48. The molecule has 132 valence electrons. The van der Waals surface area contributed by atoms with Gasteiger partial charge in [0.15, 0.2) is 11.5 Å². The van der Waals surface area contributed by atoms with Crippen molar-refractivity contribution >= 4 is 16.9 Å². The smallest absolute Gasteiger partial charge is 0.323 e. The molecule has 26 heavy (non-hydrogen) atoms. The van der Waals surface area contributed by atoms with E-state index in [2.05, 4.69) is 16.4 Å². The van der Waals surface area contributed by atoms with Crippen LogP contribution in [0.4, 0.5) is 0 Å². The molecule has 2 aliphatic rings. The number of para-hydroxylation sites is 1. The summed E-state index contributed by atoms with van der Waals surface area (Å²) in [6, 6.07) is 13.0. The highest BCUT2D eigenvalue weighted by molar-refractivity contribution is 5.87. The minimum absolute atomic E-state index is 0.232. The van der Waals surface area contributed by atoms with Crippen LogP contribution in [0.25, 0.3) is 10.9 Å². The number of aromatic amines is 1. The molecule has 3 heterocycles. The number of methoxy groups -OCH3 is 1. The van der Waals surface area contributed by atoms with Gasteiger partial charge in [-0.25, -0.2) is 0 Å². The largest absolute Gasteiger partial charge is 0.468 e. The van der Waals surface area contributed by atoms with Crippen molar-refractivity contribution in [3.8, 4) is 11.5 Å². The van der Waals surface area contributed by atoms with Gasteiger partial charge in [-0.1, -0.05) is 24.3 Å². The second-order valence-electron chi connectivity index (χ2n) is 6.48. The molecular weight excluding hydrogens is 332 g/mol. The van der Waals surface area contributed by atoms with Gasteiger partial charge < -0.3 is 19.2 Å². The van der Waals surface area contributed by atoms with Crippen LogP contribution in [0.5, 0.6) is 11.5 Å². The number of hydrogen-bond donors (Lipinski definition) is 2. The average Bonchev–Trinajstić information content (AvgIpc) is 3.25. The number of esters is 1. The Labute approximate surface area is 151 Å². The van der Waals surface area contributed by atoms with Gasteiger partial charge in [0.25, 0.3) is 0 Å². The van der Waals surface area contributed by atoms with Crippen LogP contribution in [-0.4, -0.2) is 30.9 Å². The summed E-state index contributed by atoms with van der Waals surface area (Å²) in [5, 5.41) is 4.50. The first kappa shape index (κ1) is 14.2. The number of rotatable bonds is 2. The van der Waals surface area contributed by atoms with Gasteiger partial charge in [0, 0.05) is 23.0 Å². The van der Waals surface area contributed by atoms with E-state index < -0.39 is 12.8 Å². The van der Waals surface area contributed by atoms with Crippen molar-refractivity contribution in [2.24, 2.45) is 0 Å². The van der Waals surface area contributed by atoms with Crippen LogP contribution in [0.1, 0.15) is 24.2 Å². The third-order valence-corrected chi connectivity index (χ3v) is 5.05. The molecule has 1 aromatic heterocycles. The first-order valence-electron chi connectivity index (χ1n) is 9.04. The average molecular weight is 351 g/mol. The van der Waals surface area contributed by atoms with E-state index in [1.807, 2.05) is 30.3 Å². The molecule has 0 radical (unpaired) electrons. The predicted octanol–water partition coefficient (Wildman–Crippen LogP) is 2.67. The molecule has 2 N–H and O–H groups in total. The number of fused-ring (bicyclic) bond motifs is 4. The SMILES string of the molecule is [2H]C1Oc2ccc([C@@H]3N[C@H](C(=O)OC)Cc4c3[nH]c3ccccc43)cc2O1. The topological polar surface area (TPSA) is 72.6 Å². The minimum atomic E-state index is -1.04. The summed E-state index contributed by atoms with van der Waals surface area (Å²) < 4.78 is 23.3. The van der Waals surface area contributed by atoms with E-state index in [0.29, 0.717) is 17.9 Å². The van der Waals surface area contributed by atoms with E-state index in [0.717, 1.165) is 27.7 Å². The standard InChI is InChI=1S/C20H18N2O4/c1-24-20(23)15-9-13-12-4-2-3-5-14(12)21-19(13)18(22-15)11-6-7-16-17(8-11)26-10-25-16/h2-8,15,18,21-22H,9-10H2,1H3/t15-,18-/m0/s1/i10D/t10?,15-,18-. The van der Waals surface area contributed by atoms with E-state index in [4.69, 9.17) is 15.6 Å². The fourth-order valence-corrected chi connectivity index (χ4v) is 3.81. The number of hydrogen-bond acceptors (Lipinski definition) is 5. The van der Waals surface area contributed by atoms with Crippen molar-refractivity contribution < 1.29 is 20.4 Å². The molecule has 0 saturated heterocycles. The zero-order valence-corrected chi connectivity index (χ0v) is 14.1. The second kappa shape index (κ2) is 5.78. The Morgan fingerprint density at radius 1 is 1.23 bits per heavy atom. The van der Waals surface area contributed by atoms with Gasteiger partial charge >= 0.3 is 5.97 Å². The minimum Gasteiger partial charge on any atom is -0.468 e. The Hall–Kier alpha value is -2.99. The van der Waals surface area contributed by atoms with E-state index in [1.165, 1.54) is 7.11 Å². The van der Waals surface area contributed by atoms with Crippen LogP contribution in [0.3, 0.4) is 0 Å². The maximum Gasteiger partial charge on any atom is 0.323 e. The van der Waals surface area contributed by atoms with E-state index in [1.54, 1.807) is 6.07 Å². The molecule has 0 aliphatic carbocycles. The van der Waals surface area contributed by atoms with Crippen molar-refractivity contribution in [3.63, 3.8) is 0 Å². The quantitative estimate of drug-likeness (QED) is 0.695. The summed E-state index contributed by atoms with van der Waals surface area (Å²) in [6.07, 6.45) is 0.557. The molecule has 5 rings (SSSR count). The van der Waals surface area contributed by atoms with Crippen molar-refractivity contribution in [1.29, 1.82) is 0 Å². The molecule has 0 saturated carbocycles. The van der Waals surface area contributed by atoms with Gasteiger partial charge in [-0.3, -0.25) is 10.1 Å². The van der Waals surface area contributed by atoms with Crippen molar-refractivity contribution in [1.82, 2.24) is 10.3 Å². The number of carbonyl (C=O) groups excluding carboxylic acids is 1. The Bertz CT molecular complexity index is 1050. The normalized spacial score (nSPS) is 24.2. The number of aromatic nitrogens is 1. The van der Waals surface area contributed by atoms with Crippen molar-refractivity contribution in [2.75, 3.05) is 13.9 Å². The van der Waals surface area contributed by atoms with Crippen LogP contribution in [0.2, 0.25) is 0 Å². The summed E-state index contributed by atoms with van der Waals surface area (Å²) in [5.41, 5.74) is 4.10. The van der Waals surface area contributed by atoms with Gasteiger partial charge in [0.1, 0.15) is 7.41 Å². The molecule has 6 nitrogen and oxygen atoms in total. The van der Waals surface area contributed by atoms with Crippen LogP contribution in [0.15, 0.2) is 42.5 Å². The van der Waals surface area contributed by atoms with Crippen LogP contribution >= 0.6 is 0 Å². The maximum atomic E-state index is 12.3. The highest BCUT2D eigenvalue weighted by Gasteiger charge is 2.35. The molecule has 0 spiro atoms. The molecule has 0 amide bonds. The van der Waals surface area contributed by atoms with Crippen molar-refractivity contribution in [2.45, 2.75) is 18.5 Å². The van der Waals surface area contributed by atoms with E-state index in [9.17, 15) is 4.79 Å². The number of H-pyrrole nitrogens is 1. The van der Waals surface area contributed by atoms with Gasteiger partial charge in [-0.05, 0) is 29.3 Å². The van der Waals surface area contributed by atoms with Crippen LogP contribution in [-0.2, 0) is 16.0 Å². The lowest BCUT2D eigenvalue weighted by Gasteiger charge is -2.30. The summed E-state index contributed by atoms with van der Waals surface area (Å²) in [7, 11) is 1.40. The number of carbonyl (C=O) groups is 1. The molecule has 0 bridgehead atoms. The summed E-state index contributed by atoms with van der Waals surface area (Å²) in [4.78, 5) is 15.8. The number of nitrogens with one attached hydrogen (secondary N) is 2. The lowest BCUT2D eigenvalue weighted by Crippen LogP contribution is -2.45. The lowest BCUT2D eigenvalue weighted by molar-refractivity contribution is -0.143. The maximum absolute atomic E-state index is 12.3. The predicted molar refractivity (Wildman–Crippen MR) is 95.4 cm³/mol. The van der Waals surface area contributed by atoms with Gasteiger partial charge in [0.05, 0.1) is 13.2 Å². The summed E-state index contributed by atoms with van der Waals surface area (Å²) in [6.45, 7) is -1.04. The molecule has 6 heteroatoms. The molecule has 2 aromatic carbocycles. The van der Waals surface area contributed by atoms with E-state index >= 15 is 0 Å². The Balaban J connectivity index is 1.63. The fourth-order valence-electron chi connectivity index (χ4n) is 3.81. The molecule has 1 unspecified atom stereocenters. The Kier molecular flexibility index (Phi) is 3.16. The number of benzene rings is 2. The summed E-state index contributed by atoms with van der Waals surface area (Å²) in [5.74, 6) is 0.797. The van der Waals surface area contributed by atoms with Gasteiger partial charge in [-0.2, -0.15) is 0 Å². The third kappa shape index (κ3) is 2.26. The molecule has 0 fully saturated rings. The monoisotopic (exact) mass is 351 g/mol. The zero-order valence-electron chi connectivity index (χ0n) is 15.1. The van der Waals surface area contributed by atoms with Crippen molar-refractivity contribution in [3.05, 3.63) is 59.3 Å². The molecule has 3 aromatic rings. The molecular formula is C20H18N2O4. The van der Waals surface area contributed by atoms with Gasteiger partial charge in [-0.15, -0.1) is 0 Å². The highest BCUT2D eigenvalue weighted by atomic mass is 16.7. The third-order valence-electron chi connectivity index (χ3n) is 5.05. The first-order chi connectivity index (χ1) is 13.1. The Morgan fingerprint density at radius 3 is 2.96 bits per heavy atom. The van der Waals surface area contributed by atoms with Crippen LogP contribution < -0.4 is 14.8 Å². The Morgan fingerprint density at radius 2 is 2.08 bits per heavy atom. The van der Waals surface area contributed by atoms with Gasteiger partial charge in [0.2, 0.25) is 6.77 Å². The zero-order chi connectivity index (χ0) is 18.5. The first-order valence-corrected chi connectivity index (χ1v) is 8.47. The molecule has 3 atom stereocenters. The van der Waals surface area contributed by atoms with Crippen LogP contribution in [0, 0.1) is 0 Å². The fraction of sp³-hybridized carbons (Fsp3) is 0.250.